The lowest BCUT2D eigenvalue weighted by molar-refractivity contribution is -0.140. The second-order valence-corrected chi connectivity index (χ2v) is 8.34. The molecular formula is C19H25NO6S. The van der Waals surface area contributed by atoms with Gasteiger partial charge in [-0.25, -0.2) is 0 Å². The SMILES string of the molecule is O=C(O)CCC1CCCCN1C(=O)CCS(=O)c1ccc2c(c1)OCCO2. The molecular weight excluding hydrogens is 370 g/mol. The number of likely N-dealkylation sites (tertiary alicyclic amines) is 1. The summed E-state index contributed by atoms with van der Waals surface area (Å²) in [5, 5.41) is 8.89. The summed E-state index contributed by atoms with van der Waals surface area (Å²) >= 11 is 0. The van der Waals surface area contributed by atoms with Crippen LogP contribution in [0, 0.1) is 0 Å². The predicted octanol–water partition coefficient (Wildman–Crippen LogP) is 2.20. The van der Waals surface area contributed by atoms with Gasteiger partial charge in [-0.15, -0.1) is 0 Å². The Morgan fingerprint density at radius 2 is 1.93 bits per heavy atom. The van der Waals surface area contributed by atoms with Crippen LogP contribution in [0.3, 0.4) is 0 Å². The number of hydrogen-bond acceptors (Lipinski definition) is 5. The van der Waals surface area contributed by atoms with Crippen molar-refractivity contribution < 1.29 is 28.4 Å². The Balaban J connectivity index is 1.55. The van der Waals surface area contributed by atoms with Crippen LogP contribution in [0.25, 0.3) is 0 Å². The first-order chi connectivity index (χ1) is 13.0. The first-order valence-corrected chi connectivity index (χ1v) is 10.7. The van der Waals surface area contributed by atoms with Crippen LogP contribution in [0.4, 0.5) is 0 Å². The lowest BCUT2D eigenvalue weighted by Gasteiger charge is -2.35. The number of carbonyl (C=O) groups excluding carboxylic acids is 1. The zero-order chi connectivity index (χ0) is 19.2. The maximum absolute atomic E-state index is 12.6. The van der Waals surface area contributed by atoms with E-state index in [0.29, 0.717) is 42.6 Å². The molecule has 2 atom stereocenters. The van der Waals surface area contributed by atoms with E-state index in [1.807, 2.05) is 0 Å². The van der Waals surface area contributed by atoms with Crippen molar-refractivity contribution in [2.45, 2.75) is 49.5 Å². The number of rotatable bonds is 7. The third-order valence-corrected chi connectivity index (χ3v) is 6.27. The van der Waals surface area contributed by atoms with Gasteiger partial charge in [-0.3, -0.25) is 13.8 Å². The van der Waals surface area contributed by atoms with Gasteiger partial charge in [0, 0.05) is 42.1 Å². The van der Waals surface area contributed by atoms with Crippen LogP contribution in [-0.4, -0.2) is 57.6 Å². The molecule has 27 heavy (non-hydrogen) atoms. The van der Waals surface area contributed by atoms with Crippen LogP contribution in [0.2, 0.25) is 0 Å². The Hall–Kier alpha value is -2.09. The van der Waals surface area contributed by atoms with Crippen molar-refractivity contribution in [3.05, 3.63) is 18.2 Å². The molecule has 3 rings (SSSR count). The number of benzene rings is 1. The second-order valence-electron chi connectivity index (χ2n) is 6.77. The zero-order valence-electron chi connectivity index (χ0n) is 15.2. The van der Waals surface area contributed by atoms with Gasteiger partial charge in [0.25, 0.3) is 0 Å². The molecule has 148 valence electrons. The third kappa shape index (κ3) is 5.22. The Bertz CT molecular complexity index is 722. The van der Waals surface area contributed by atoms with E-state index in [4.69, 9.17) is 14.6 Å². The minimum Gasteiger partial charge on any atom is -0.486 e. The smallest absolute Gasteiger partial charge is 0.303 e. The van der Waals surface area contributed by atoms with E-state index in [1.165, 1.54) is 0 Å². The van der Waals surface area contributed by atoms with Crippen LogP contribution in [0.1, 0.15) is 38.5 Å². The molecule has 1 aromatic carbocycles. The van der Waals surface area contributed by atoms with Crippen molar-refractivity contribution in [1.29, 1.82) is 0 Å². The van der Waals surface area contributed by atoms with Gasteiger partial charge < -0.3 is 19.5 Å². The van der Waals surface area contributed by atoms with Crippen molar-refractivity contribution in [2.75, 3.05) is 25.5 Å². The highest BCUT2D eigenvalue weighted by Gasteiger charge is 2.27. The molecule has 2 aliphatic rings. The van der Waals surface area contributed by atoms with Crippen molar-refractivity contribution in [2.24, 2.45) is 0 Å². The van der Waals surface area contributed by atoms with Crippen LogP contribution < -0.4 is 9.47 Å². The molecule has 0 saturated carbocycles. The molecule has 0 aliphatic carbocycles. The maximum atomic E-state index is 12.6. The molecule has 2 heterocycles. The van der Waals surface area contributed by atoms with E-state index in [-0.39, 0.29) is 30.5 Å². The Kier molecular flexibility index (Phi) is 6.71. The van der Waals surface area contributed by atoms with Gasteiger partial charge >= 0.3 is 5.97 Å². The summed E-state index contributed by atoms with van der Waals surface area (Å²) < 4.78 is 23.6. The number of nitrogens with zero attached hydrogens (tertiary/aromatic N) is 1. The summed E-state index contributed by atoms with van der Waals surface area (Å²) in [6.45, 7) is 1.62. The molecule has 1 N–H and O–H groups in total. The predicted molar refractivity (Wildman–Crippen MR) is 99.5 cm³/mol. The van der Waals surface area contributed by atoms with Crippen molar-refractivity contribution in [3.63, 3.8) is 0 Å². The van der Waals surface area contributed by atoms with Gasteiger partial charge in [0.1, 0.15) is 13.2 Å². The van der Waals surface area contributed by atoms with Gasteiger partial charge in [0.15, 0.2) is 11.5 Å². The topological polar surface area (TPSA) is 93.1 Å². The number of hydrogen-bond donors (Lipinski definition) is 1. The monoisotopic (exact) mass is 395 g/mol. The molecule has 1 aromatic rings. The van der Waals surface area contributed by atoms with Crippen molar-refractivity contribution >= 4 is 22.7 Å². The number of fused-ring (bicyclic) bond motifs is 1. The number of ether oxygens (including phenoxy) is 2. The summed E-state index contributed by atoms with van der Waals surface area (Å²) in [5.41, 5.74) is 0. The average Bonchev–Trinajstić information content (AvgIpc) is 2.70. The molecule has 0 radical (unpaired) electrons. The molecule has 1 saturated heterocycles. The number of amides is 1. The molecule has 1 amide bonds. The molecule has 0 spiro atoms. The number of carbonyl (C=O) groups is 2. The van der Waals surface area contributed by atoms with Crippen LogP contribution >= 0.6 is 0 Å². The summed E-state index contributed by atoms with van der Waals surface area (Å²) in [4.78, 5) is 25.9. The first kappa shape index (κ1) is 19.7. The fourth-order valence-electron chi connectivity index (χ4n) is 3.53. The van der Waals surface area contributed by atoms with Crippen LogP contribution in [0.15, 0.2) is 23.1 Å². The zero-order valence-corrected chi connectivity index (χ0v) is 16.0. The Labute approximate surface area is 161 Å². The number of piperidine rings is 1. The number of aliphatic carboxylic acids is 1. The molecule has 2 unspecified atom stereocenters. The largest absolute Gasteiger partial charge is 0.486 e. The van der Waals surface area contributed by atoms with E-state index >= 15 is 0 Å². The van der Waals surface area contributed by atoms with Crippen LogP contribution in [-0.2, 0) is 20.4 Å². The standard InChI is InChI=1S/C19H25NO6S/c21-18(20-9-2-1-3-14(20)4-7-19(22)23)8-12-27(24)15-5-6-16-17(13-15)26-11-10-25-16/h5-6,13-14H,1-4,7-12H2,(H,22,23). The van der Waals surface area contributed by atoms with Crippen molar-refractivity contribution in [3.8, 4) is 11.5 Å². The highest BCUT2D eigenvalue weighted by Crippen LogP contribution is 2.32. The molecule has 1 fully saturated rings. The number of carboxylic acid groups (broad SMARTS) is 1. The summed E-state index contributed by atoms with van der Waals surface area (Å²) in [6.07, 6.45) is 3.51. The lowest BCUT2D eigenvalue weighted by atomic mass is 9.97. The summed E-state index contributed by atoms with van der Waals surface area (Å²) in [5.74, 6) is 0.584. The fraction of sp³-hybridized carbons (Fsp3) is 0.579. The summed E-state index contributed by atoms with van der Waals surface area (Å²) in [6, 6.07) is 5.18. The number of carboxylic acids is 1. The molecule has 0 bridgehead atoms. The normalized spacial score (nSPS) is 20.1. The van der Waals surface area contributed by atoms with Crippen molar-refractivity contribution in [1.82, 2.24) is 4.90 Å². The van der Waals surface area contributed by atoms with E-state index in [9.17, 15) is 13.8 Å². The fourth-order valence-corrected chi connectivity index (χ4v) is 4.58. The Morgan fingerprint density at radius 3 is 2.70 bits per heavy atom. The molecule has 8 heteroatoms. The van der Waals surface area contributed by atoms with Gasteiger partial charge in [0.2, 0.25) is 5.91 Å². The first-order valence-electron chi connectivity index (χ1n) is 9.34. The molecule has 7 nitrogen and oxygen atoms in total. The van der Waals surface area contributed by atoms with Gasteiger partial charge in [0.05, 0.1) is 10.8 Å². The van der Waals surface area contributed by atoms with E-state index in [1.54, 1.807) is 23.1 Å². The van der Waals surface area contributed by atoms with Gasteiger partial charge in [-0.2, -0.15) is 0 Å². The maximum Gasteiger partial charge on any atom is 0.303 e. The second kappa shape index (κ2) is 9.21. The summed E-state index contributed by atoms with van der Waals surface area (Å²) in [7, 11) is -1.31. The minimum absolute atomic E-state index is 0.0231. The third-order valence-electron chi connectivity index (χ3n) is 4.92. The molecule has 2 aliphatic heterocycles. The Morgan fingerprint density at radius 1 is 1.15 bits per heavy atom. The highest BCUT2D eigenvalue weighted by atomic mass is 32.2. The highest BCUT2D eigenvalue weighted by molar-refractivity contribution is 7.85. The molecule has 0 aromatic heterocycles. The van der Waals surface area contributed by atoms with Crippen LogP contribution in [0.5, 0.6) is 11.5 Å². The lowest BCUT2D eigenvalue weighted by Crippen LogP contribution is -2.44. The quantitative estimate of drug-likeness (QED) is 0.761. The minimum atomic E-state index is -1.31. The van der Waals surface area contributed by atoms with E-state index < -0.39 is 16.8 Å². The average molecular weight is 395 g/mol. The van der Waals surface area contributed by atoms with Gasteiger partial charge in [-0.05, 0) is 37.8 Å². The van der Waals surface area contributed by atoms with E-state index in [2.05, 4.69) is 0 Å². The van der Waals surface area contributed by atoms with Gasteiger partial charge in [-0.1, -0.05) is 0 Å². The van der Waals surface area contributed by atoms with E-state index in [0.717, 1.165) is 19.3 Å².